The summed E-state index contributed by atoms with van der Waals surface area (Å²) in [5, 5.41) is 0.958. The lowest BCUT2D eigenvalue weighted by Gasteiger charge is -2.30. The molecule has 0 aliphatic rings. The van der Waals surface area contributed by atoms with Crippen LogP contribution in [0.5, 0.6) is 0 Å². The molecule has 84 valence electrons. The van der Waals surface area contributed by atoms with E-state index in [4.69, 9.17) is 4.74 Å². The van der Waals surface area contributed by atoms with Gasteiger partial charge in [-0.25, -0.2) is 4.79 Å². The van der Waals surface area contributed by atoms with Crippen LogP contribution in [-0.2, 0) is 4.74 Å². The fourth-order valence-corrected chi connectivity index (χ4v) is 1.12. The minimum absolute atomic E-state index is 0.174. The summed E-state index contributed by atoms with van der Waals surface area (Å²) < 4.78 is 5.10. The van der Waals surface area contributed by atoms with Crippen LogP contribution in [0, 0.1) is 0 Å². The lowest BCUT2D eigenvalue weighted by molar-refractivity contribution is 0.0804. The van der Waals surface area contributed by atoms with Crippen LogP contribution in [-0.4, -0.2) is 35.5 Å². The maximum absolute atomic E-state index is 11.4. The van der Waals surface area contributed by atoms with Gasteiger partial charge >= 0.3 is 6.09 Å². The van der Waals surface area contributed by atoms with Crippen LogP contribution in [0.3, 0.4) is 0 Å². The standard InChI is InChI=1S/C10H20BrNO2/c1-10(2,3)12(4)9(13)14-8-6-5-7-11/h5-8H2,1-4H3. The van der Waals surface area contributed by atoms with Gasteiger partial charge in [0, 0.05) is 17.9 Å². The summed E-state index contributed by atoms with van der Waals surface area (Å²) in [7, 11) is 1.76. The van der Waals surface area contributed by atoms with Crippen molar-refractivity contribution >= 4 is 22.0 Å². The van der Waals surface area contributed by atoms with Gasteiger partial charge in [0.05, 0.1) is 6.61 Å². The van der Waals surface area contributed by atoms with Gasteiger partial charge in [-0.2, -0.15) is 0 Å². The number of unbranched alkanes of at least 4 members (excludes halogenated alkanes) is 1. The fraction of sp³-hybridized carbons (Fsp3) is 0.900. The van der Waals surface area contributed by atoms with Crippen molar-refractivity contribution in [1.29, 1.82) is 0 Å². The molecule has 0 heterocycles. The summed E-state index contributed by atoms with van der Waals surface area (Å²) in [6, 6.07) is 0. The summed E-state index contributed by atoms with van der Waals surface area (Å²) in [6.45, 7) is 6.44. The molecule has 0 aromatic carbocycles. The van der Waals surface area contributed by atoms with Gasteiger partial charge in [0.25, 0.3) is 0 Å². The van der Waals surface area contributed by atoms with E-state index < -0.39 is 0 Å². The first-order chi connectivity index (χ1) is 6.39. The van der Waals surface area contributed by atoms with E-state index in [1.54, 1.807) is 11.9 Å². The first kappa shape index (κ1) is 13.8. The Morgan fingerprint density at radius 2 is 1.93 bits per heavy atom. The predicted octanol–water partition coefficient (Wildman–Crippen LogP) is 3.03. The van der Waals surface area contributed by atoms with Crippen molar-refractivity contribution in [3.05, 3.63) is 0 Å². The molecule has 0 rings (SSSR count). The zero-order valence-electron chi connectivity index (χ0n) is 9.47. The second-order valence-corrected chi connectivity index (χ2v) is 5.03. The Morgan fingerprint density at radius 3 is 2.36 bits per heavy atom. The van der Waals surface area contributed by atoms with Gasteiger partial charge in [-0.05, 0) is 33.6 Å². The van der Waals surface area contributed by atoms with E-state index in [1.165, 1.54) is 0 Å². The topological polar surface area (TPSA) is 29.5 Å². The molecule has 0 fully saturated rings. The minimum Gasteiger partial charge on any atom is -0.449 e. The van der Waals surface area contributed by atoms with E-state index >= 15 is 0 Å². The number of carbonyl (C=O) groups excluding carboxylic acids is 1. The summed E-state index contributed by atoms with van der Waals surface area (Å²) in [5.74, 6) is 0. The molecule has 0 radical (unpaired) electrons. The Balaban J connectivity index is 3.74. The zero-order valence-corrected chi connectivity index (χ0v) is 11.1. The van der Waals surface area contributed by atoms with Crippen LogP contribution < -0.4 is 0 Å². The highest BCUT2D eigenvalue weighted by Crippen LogP contribution is 2.11. The third-order valence-electron chi connectivity index (χ3n) is 2.03. The molecule has 0 unspecified atom stereocenters. The number of ether oxygens (including phenoxy) is 1. The smallest absolute Gasteiger partial charge is 0.409 e. The Kier molecular flexibility index (Phi) is 6.16. The molecule has 3 nitrogen and oxygen atoms in total. The molecule has 0 aliphatic carbocycles. The average molecular weight is 266 g/mol. The SMILES string of the molecule is CN(C(=O)OCCCCBr)C(C)(C)C. The summed E-state index contributed by atoms with van der Waals surface area (Å²) in [6.07, 6.45) is 1.70. The number of amides is 1. The Labute approximate surface area is 94.9 Å². The number of rotatable bonds is 4. The molecule has 0 aliphatic heterocycles. The maximum atomic E-state index is 11.4. The maximum Gasteiger partial charge on any atom is 0.409 e. The molecule has 1 amide bonds. The lowest BCUT2D eigenvalue weighted by Crippen LogP contribution is -2.42. The van der Waals surface area contributed by atoms with Crippen molar-refractivity contribution < 1.29 is 9.53 Å². The van der Waals surface area contributed by atoms with E-state index in [2.05, 4.69) is 15.9 Å². The van der Waals surface area contributed by atoms with Gasteiger partial charge in [-0.1, -0.05) is 15.9 Å². The first-order valence-corrected chi connectivity index (χ1v) is 5.98. The monoisotopic (exact) mass is 265 g/mol. The summed E-state index contributed by atoms with van der Waals surface area (Å²) in [5.41, 5.74) is -0.174. The highest BCUT2D eigenvalue weighted by atomic mass is 79.9. The van der Waals surface area contributed by atoms with E-state index in [0.29, 0.717) is 6.61 Å². The molecule has 0 atom stereocenters. The molecule has 0 aromatic rings. The van der Waals surface area contributed by atoms with Gasteiger partial charge < -0.3 is 9.64 Å². The van der Waals surface area contributed by atoms with Crippen LogP contribution in [0.4, 0.5) is 4.79 Å². The molecule has 0 saturated heterocycles. The Bertz CT molecular complexity index is 177. The van der Waals surface area contributed by atoms with E-state index in [1.807, 2.05) is 20.8 Å². The summed E-state index contributed by atoms with van der Waals surface area (Å²) >= 11 is 3.33. The van der Waals surface area contributed by atoms with Crippen molar-refractivity contribution in [2.24, 2.45) is 0 Å². The predicted molar refractivity (Wildman–Crippen MR) is 61.9 cm³/mol. The number of hydrogen-bond acceptors (Lipinski definition) is 2. The molecule has 0 aromatic heterocycles. The van der Waals surface area contributed by atoms with E-state index in [-0.39, 0.29) is 11.6 Å². The minimum atomic E-state index is -0.243. The molecule has 14 heavy (non-hydrogen) atoms. The third kappa shape index (κ3) is 5.47. The molecule has 0 saturated carbocycles. The van der Waals surface area contributed by atoms with Crippen molar-refractivity contribution in [1.82, 2.24) is 4.90 Å². The third-order valence-corrected chi connectivity index (χ3v) is 2.59. The fourth-order valence-electron chi connectivity index (χ4n) is 0.727. The van der Waals surface area contributed by atoms with Crippen LogP contribution in [0.15, 0.2) is 0 Å². The van der Waals surface area contributed by atoms with Gasteiger partial charge in [-0.15, -0.1) is 0 Å². The number of nitrogens with zero attached hydrogens (tertiary/aromatic N) is 1. The second kappa shape index (κ2) is 6.27. The first-order valence-electron chi connectivity index (χ1n) is 4.86. The average Bonchev–Trinajstić information content (AvgIpc) is 2.09. The number of alkyl halides is 1. The Morgan fingerprint density at radius 1 is 1.36 bits per heavy atom. The van der Waals surface area contributed by atoms with Gasteiger partial charge in [0.2, 0.25) is 0 Å². The van der Waals surface area contributed by atoms with E-state index in [0.717, 1.165) is 18.2 Å². The van der Waals surface area contributed by atoms with Crippen LogP contribution in [0.2, 0.25) is 0 Å². The van der Waals surface area contributed by atoms with Crippen molar-refractivity contribution in [2.75, 3.05) is 19.0 Å². The van der Waals surface area contributed by atoms with Crippen LogP contribution in [0.25, 0.3) is 0 Å². The van der Waals surface area contributed by atoms with Gasteiger partial charge in [0.15, 0.2) is 0 Å². The lowest BCUT2D eigenvalue weighted by atomic mass is 10.1. The molecule has 0 N–H and O–H groups in total. The second-order valence-electron chi connectivity index (χ2n) is 4.24. The molecule has 0 spiro atoms. The number of carbonyl (C=O) groups is 1. The number of halogens is 1. The Hall–Kier alpha value is -0.250. The highest BCUT2D eigenvalue weighted by molar-refractivity contribution is 9.09. The van der Waals surface area contributed by atoms with Crippen LogP contribution in [0.1, 0.15) is 33.6 Å². The van der Waals surface area contributed by atoms with Crippen LogP contribution >= 0.6 is 15.9 Å². The number of hydrogen-bond donors (Lipinski definition) is 0. The van der Waals surface area contributed by atoms with Crippen molar-refractivity contribution in [3.63, 3.8) is 0 Å². The zero-order chi connectivity index (χ0) is 11.2. The van der Waals surface area contributed by atoms with Crippen molar-refractivity contribution in [2.45, 2.75) is 39.2 Å². The normalized spacial score (nSPS) is 11.2. The molecule has 4 heteroatoms. The molecular weight excluding hydrogens is 246 g/mol. The quantitative estimate of drug-likeness (QED) is 0.578. The molecule has 0 bridgehead atoms. The van der Waals surface area contributed by atoms with Crippen molar-refractivity contribution in [3.8, 4) is 0 Å². The van der Waals surface area contributed by atoms with E-state index in [9.17, 15) is 4.79 Å². The summed E-state index contributed by atoms with van der Waals surface area (Å²) in [4.78, 5) is 13.1. The van der Waals surface area contributed by atoms with Gasteiger partial charge in [0.1, 0.15) is 0 Å². The highest BCUT2D eigenvalue weighted by Gasteiger charge is 2.23. The van der Waals surface area contributed by atoms with Gasteiger partial charge in [-0.3, -0.25) is 0 Å². The molecular formula is C10H20BrNO2. The largest absolute Gasteiger partial charge is 0.449 e.